The first-order valence-electron chi connectivity index (χ1n) is 11.7. The molecule has 7 nitrogen and oxygen atoms in total. The first kappa shape index (κ1) is 23.6. The predicted molar refractivity (Wildman–Crippen MR) is 131 cm³/mol. The van der Waals surface area contributed by atoms with Crippen LogP contribution in [-0.2, 0) is 11.3 Å². The van der Waals surface area contributed by atoms with Gasteiger partial charge in [0.25, 0.3) is 5.91 Å². The molecule has 0 spiro atoms. The molecule has 178 valence electrons. The molecule has 1 aromatic heterocycles. The van der Waals surface area contributed by atoms with Crippen LogP contribution in [0.15, 0.2) is 71.3 Å². The first-order chi connectivity index (χ1) is 16.6. The van der Waals surface area contributed by atoms with Gasteiger partial charge in [0, 0.05) is 13.1 Å². The van der Waals surface area contributed by atoms with E-state index in [2.05, 4.69) is 22.3 Å². The van der Waals surface area contributed by atoms with E-state index in [9.17, 15) is 9.59 Å². The third kappa shape index (κ3) is 5.48. The van der Waals surface area contributed by atoms with E-state index >= 15 is 0 Å². The van der Waals surface area contributed by atoms with Crippen molar-refractivity contribution in [1.29, 1.82) is 0 Å². The number of nitrogens with zero attached hydrogens (tertiary/aromatic N) is 2. The quantitative estimate of drug-likeness (QED) is 0.511. The summed E-state index contributed by atoms with van der Waals surface area (Å²) < 4.78 is 10.8. The highest BCUT2D eigenvalue weighted by Crippen LogP contribution is 2.33. The van der Waals surface area contributed by atoms with E-state index in [1.54, 1.807) is 48.5 Å². The summed E-state index contributed by atoms with van der Waals surface area (Å²) >= 11 is 0. The molecule has 1 fully saturated rings. The van der Waals surface area contributed by atoms with E-state index in [-0.39, 0.29) is 30.9 Å². The van der Waals surface area contributed by atoms with E-state index in [4.69, 9.17) is 9.15 Å². The zero-order chi connectivity index (χ0) is 23.9. The maximum Gasteiger partial charge on any atom is 0.253 e. The fourth-order valence-electron chi connectivity index (χ4n) is 4.39. The second-order valence-corrected chi connectivity index (χ2v) is 8.36. The van der Waals surface area contributed by atoms with Crippen LogP contribution in [-0.4, -0.2) is 43.5 Å². The molecule has 2 amide bonds. The summed E-state index contributed by atoms with van der Waals surface area (Å²) in [7, 11) is 1.73. The maximum absolute atomic E-state index is 13.3. The molecule has 1 N–H and O–H groups in total. The van der Waals surface area contributed by atoms with E-state index in [1.165, 1.54) is 5.56 Å². The van der Waals surface area contributed by atoms with E-state index < -0.39 is 0 Å². The van der Waals surface area contributed by atoms with Crippen LogP contribution in [0.25, 0.3) is 0 Å². The lowest BCUT2D eigenvalue weighted by Gasteiger charge is -2.27. The van der Waals surface area contributed by atoms with Crippen molar-refractivity contribution in [1.82, 2.24) is 10.2 Å². The Kier molecular flexibility index (Phi) is 7.65. The number of amides is 2. The van der Waals surface area contributed by atoms with Crippen molar-refractivity contribution in [3.05, 3.63) is 83.8 Å². The Balaban J connectivity index is 1.42. The van der Waals surface area contributed by atoms with Gasteiger partial charge in [0.2, 0.25) is 5.91 Å². The lowest BCUT2D eigenvalue weighted by atomic mass is 10.0. The van der Waals surface area contributed by atoms with Crippen LogP contribution in [0, 0.1) is 0 Å². The number of nitrogens with one attached hydrogen (secondary N) is 1. The number of likely N-dealkylation sites (N-methyl/N-ethyl adjacent to an activating group) is 1. The number of para-hydroxylation sites is 1. The molecule has 1 atom stereocenters. The van der Waals surface area contributed by atoms with Gasteiger partial charge < -0.3 is 19.4 Å². The van der Waals surface area contributed by atoms with Gasteiger partial charge in [-0.3, -0.25) is 14.5 Å². The number of hydrogen-bond acceptors (Lipinski definition) is 5. The van der Waals surface area contributed by atoms with Crippen molar-refractivity contribution in [3.8, 4) is 5.75 Å². The molecule has 7 heteroatoms. The van der Waals surface area contributed by atoms with Gasteiger partial charge in [-0.05, 0) is 68.3 Å². The van der Waals surface area contributed by atoms with E-state index in [1.807, 2.05) is 25.1 Å². The Hall–Kier alpha value is -3.58. The second-order valence-electron chi connectivity index (χ2n) is 8.36. The molecular weight excluding hydrogens is 430 g/mol. The number of carbonyl (C=O) groups is 2. The molecule has 1 saturated heterocycles. The molecule has 0 aliphatic carbocycles. The summed E-state index contributed by atoms with van der Waals surface area (Å²) in [5.41, 5.74) is 2.23. The topological polar surface area (TPSA) is 75.0 Å². The van der Waals surface area contributed by atoms with Crippen LogP contribution in [0.3, 0.4) is 0 Å². The Morgan fingerprint density at radius 3 is 2.65 bits per heavy atom. The molecule has 1 unspecified atom stereocenters. The van der Waals surface area contributed by atoms with Crippen LogP contribution >= 0.6 is 0 Å². The number of anilines is 1. The minimum atomic E-state index is -0.250. The van der Waals surface area contributed by atoms with Gasteiger partial charge in [-0.15, -0.1) is 0 Å². The average molecular weight is 462 g/mol. The van der Waals surface area contributed by atoms with Crippen LogP contribution in [0.5, 0.6) is 5.75 Å². The Bertz CT molecular complexity index is 1100. The SMILES string of the molecule is CCOc1ccc(C2CCCN2CC(=O)N(C)c2ccccc2C(=O)NCc2ccco2)cc1. The molecule has 1 aliphatic heterocycles. The van der Waals surface area contributed by atoms with Gasteiger partial charge in [-0.2, -0.15) is 0 Å². The zero-order valence-corrected chi connectivity index (χ0v) is 19.7. The first-order valence-corrected chi connectivity index (χ1v) is 11.7. The highest BCUT2D eigenvalue weighted by atomic mass is 16.5. The lowest BCUT2D eigenvalue weighted by molar-refractivity contribution is -0.119. The van der Waals surface area contributed by atoms with Crippen LogP contribution in [0.4, 0.5) is 5.69 Å². The molecule has 2 aromatic carbocycles. The van der Waals surface area contributed by atoms with Gasteiger partial charge in [0.1, 0.15) is 11.5 Å². The second kappa shape index (κ2) is 11.0. The normalized spacial score (nSPS) is 15.8. The summed E-state index contributed by atoms with van der Waals surface area (Å²) in [6, 6.07) is 19.1. The highest BCUT2D eigenvalue weighted by molar-refractivity contribution is 6.05. The molecule has 0 saturated carbocycles. The van der Waals surface area contributed by atoms with Crippen molar-refractivity contribution >= 4 is 17.5 Å². The minimum Gasteiger partial charge on any atom is -0.494 e. The summed E-state index contributed by atoms with van der Waals surface area (Å²) in [5.74, 6) is 1.22. The number of benzene rings is 2. The number of hydrogen-bond donors (Lipinski definition) is 1. The predicted octanol–water partition coefficient (Wildman–Crippen LogP) is 4.41. The monoisotopic (exact) mass is 461 g/mol. The number of furan rings is 1. The third-order valence-corrected chi connectivity index (χ3v) is 6.17. The van der Waals surface area contributed by atoms with Gasteiger partial charge in [0.05, 0.1) is 37.2 Å². The van der Waals surface area contributed by atoms with Gasteiger partial charge in [0.15, 0.2) is 0 Å². The van der Waals surface area contributed by atoms with Crippen LogP contribution in [0.2, 0.25) is 0 Å². The molecule has 1 aliphatic rings. The summed E-state index contributed by atoms with van der Waals surface area (Å²) in [6.45, 7) is 4.04. The molecule has 4 rings (SSSR count). The molecule has 0 radical (unpaired) electrons. The van der Waals surface area contributed by atoms with Crippen molar-refractivity contribution in [2.45, 2.75) is 32.4 Å². The van der Waals surface area contributed by atoms with Crippen molar-refractivity contribution in [3.63, 3.8) is 0 Å². The largest absolute Gasteiger partial charge is 0.494 e. The van der Waals surface area contributed by atoms with Gasteiger partial charge in [-0.1, -0.05) is 24.3 Å². The van der Waals surface area contributed by atoms with Crippen molar-refractivity contribution in [2.75, 3.05) is 31.6 Å². The summed E-state index contributed by atoms with van der Waals surface area (Å²) in [5, 5.41) is 2.86. The van der Waals surface area contributed by atoms with Crippen LogP contribution < -0.4 is 15.0 Å². The zero-order valence-electron chi connectivity index (χ0n) is 19.7. The van der Waals surface area contributed by atoms with Gasteiger partial charge in [-0.25, -0.2) is 0 Å². The minimum absolute atomic E-state index is 0.0517. The summed E-state index contributed by atoms with van der Waals surface area (Å²) in [6.07, 6.45) is 3.62. The molecular formula is C27H31N3O4. The smallest absolute Gasteiger partial charge is 0.253 e. The third-order valence-electron chi connectivity index (χ3n) is 6.17. The molecule has 0 bridgehead atoms. The molecule has 2 heterocycles. The highest BCUT2D eigenvalue weighted by Gasteiger charge is 2.29. The maximum atomic E-state index is 13.3. The molecule has 34 heavy (non-hydrogen) atoms. The Morgan fingerprint density at radius 2 is 1.91 bits per heavy atom. The summed E-state index contributed by atoms with van der Waals surface area (Å²) in [4.78, 5) is 29.9. The number of ether oxygens (including phenoxy) is 1. The lowest BCUT2D eigenvalue weighted by Crippen LogP contribution is -2.39. The number of carbonyl (C=O) groups excluding carboxylic acids is 2. The average Bonchev–Trinajstić information content (AvgIpc) is 3.55. The van der Waals surface area contributed by atoms with Gasteiger partial charge >= 0.3 is 0 Å². The molecule has 3 aromatic rings. The van der Waals surface area contributed by atoms with E-state index in [0.717, 1.165) is 25.1 Å². The Morgan fingerprint density at radius 1 is 1.12 bits per heavy atom. The van der Waals surface area contributed by atoms with Crippen LogP contribution in [0.1, 0.15) is 47.5 Å². The number of likely N-dealkylation sites (tertiary alicyclic amines) is 1. The fourth-order valence-corrected chi connectivity index (χ4v) is 4.39. The van der Waals surface area contributed by atoms with Crippen molar-refractivity contribution < 1.29 is 18.7 Å². The fraction of sp³-hybridized carbons (Fsp3) is 0.333. The van der Waals surface area contributed by atoms with Crippen molar-refractivity contribution in [2.24, 2.45) is 0 Å². The Labute approximate surface area is 200 Å². The number of rotatable bonds is 9. The standard InChI is InChI=1S/C27H31N3O4/c1-3-33-21-14-12-20(13-15-21)24-11-6-16-30(24)19-26(31)29(2)25-10-5-4-9-23(25)27(32)28-18-22-8-7-17-34-22/h4-5,7-10,12-15,17,24H,3,6,11,16,18-19H2,1-2H3,(H,28,32). The van der Waals surface area contributed by atoms with E-state index in [0.29, 0.717) is 23.6 Å².